The van der Waals surface area contributed by atoms with E-state index in [-0.39, 0.29) is 0 Å². The number of nitrogens with zero attached hydrogens (tertiary/aromatic N) is 2. The lowest BCUT2D eigenvalue weighted by Gasteiger charge is -2.39. The van der Waals surface area contributed by atoms with Crippen molar-refractivity contribution in [3.05, 3.63) is 107 Å². The summed E-state index contributed by atoms with van der Waals surface area (Å²) in [4.78, 5) is 5.47. The van der Waals surface area contributed by atoms with E-state index in [2.05, 4.69) is 102 Å². The highest BCUT2D eigenvalue weighted by atomic mass is 15.3. The highest BCUT2D eigenvalue weighted by Crippen LogP contribution is 2.42. The van der Waals surface area contributed by atoms with Gasteiger partial charge in [-0.3, -0.25) is 9.80 Å². The van der Waals surface area contributed by atoms with Crippen LogP contribution < -0.4 is 0 Å². The van der Waals surface area contributed by atoms with Gasteiger partial charge in [-0.05, 0) is 67.6 Å². The average molecular weight is 467 g/mol. The van der Waals surface area contributed by atoms with Gasteiger partial charge in [-0.25, -0.2) is 0 Å². The van der Waals surface area contributed by atoms with E-state index in [9.17, 15) is 0 Å². The Morgan fingerprint density at radius 3 is 1.86 bits per heavy atom. The summed E-state index contributed by atoms with van der Waals surface area (Å²) in [7, 11) is 0. The highest BCUT2D eigenvalue weighted by molar-refractivity contribution is 5.22. The van der Waals surface area contributed by atoms with E-state index in [1.165, 1.54) is 93.4 Å². The van der Waals surface area contributed by atoms with Crippen molar-refractivity contribution in [2.45, 2.75) is 64.5 Å². The Morgan fingerprint density at radius 1 is 0.657 bits per heavy atom. The molecule has 0 radical (unpaired) electrons. The Hall–Kier alpha value is -2.42. The second-order valence-corrected chi connectivity index (χ2v) is 11.2. The molecular formula is C33H42N2. The number of rotatable bonds is 7. The van der Waals surface area contributed by atoms with Crippen LogP contribution in [0.15, 0.2) is 84.9 Å². The maximum absolute atomic E-state index is 2.83. The molecule has 5 rings (SSSR count). The quantitative estimate of drug-likeness (QED) is 0.349. The van der Waals surface area contributed by atoms with Crippen LogP contribution in [0.1, 0.15) is 54.4 Å². The molecule has 184 valence electrons. The number of aryl methyl sites for hydroxylation is 1. The molecule has 1 aliphatic heterocycles. The van der Waals surface area contributed by atoms with Gasteiger partial charge >= 0.3 is 0 Å². The predicted molar refractivity (Wildman–Crippen MR) is 148 cm³/mol. The van der Waals surface area contributed by atoms with Crippen LogP contribution in [0.4, 0.5) is 0 Å². The third-order valence-corrected chi connectivity index (χ3v) is 8.55. The molecule has 3 aromatic rings. The number of piperazine rings is 1. The van der Waals surface area contributed by atoms with Crippen molar-refractivity contribution in [2.24, 2.45) is 5.41 Å². The standard InChI is InChI=1S/C33H42N2/c1-28-14-16-31(17-15-28)27-34-21-23-35(24-22-34)32-13-8-19-33(20-18-32,25-29-9-4-2-5-10-29)26-30-11-6-3-7-12-30/h2-7,9-12,14-17,32H,8,13,18-27H2,1H3. The van der Waals surface area contributed by atoms with Crippen LogP contribution in [0, 0.1) is 12.3 Å². The second-order valence-electron chi connectivity index (χ2n) is 11.2. The summed E-state index contributed by atoms with van der Waals surface area (Å²) in [6, 6.07) is 32.3. The lowest BCUT2D eigenvalue weighted by molar-refractivity contribution is 0.0831. The van der Waals surface area contributed by atoms with E-state index in [0.717, 1.165) is 12.6 Å². The first kappa shape index (κ1) is 24.3. The van der Waals surface area contributed by atoms with E-state index in [1.807, 2.05) is 0 Å². The molecule has 1 heterocycles. The SMILES string of the molecule is Cc1ccc(CN2CCN(C3CCCC(Cc4ccccc4)(Cc4ccccc4)CC3)CC2)cc1. The number of benzene rings is 3. The van der Waals surface area contributed by atoms with E-state index in [1.54, 1.807) is 0 Å². The van der Waals surface area contributed by atoms with Gasteiger partial charge in [-0.1, -0.05) is 96.9 Å². The number of hydrogen-bond acceptors (Lipinski definition) is 2. The van der Waals surface area contributed by atoms with Gasteiger partial charge in [0.1, 0.15) is 0 Å². The lowest BCUT2D eigenvalue weighted by Crippen LogP contribution is -2.49. The van der Waals surface area contributed by atoms with Gasteiger partial charge in [0.2, 0.25) is 0 Å². The first-order valence-corrected chi connectivity index (χ1v) is 13.8. The molecule has 0 amide bonds. The molecule has 1 unspecified atom stereocenters. The summed E-state index contributed by atoms with van der Waals surface area (Å²) in [6.45, 7) is 8.11. The lowest BCUT2D eigenvalue weighted by atomic mass is 9.71. The Morgan fingerprint density at radius 2 is 1.26 bits per heavy atom. The minimum absolute atomic E-state index is 0.380. The molecule has 2 fully saturated rings. The summed E-state index contributed by atoms with van der Waals surface area (Å²) in [6.07, 6.45) is 9.17. The minimum Gasteiger partial charge on any atom is -0.298 e. The smallest absolute Gasteiger partial charge is 0.0234 e. The van der Waals surface area contributed by atoms with Crippen LogP contribution in [-0.4, -0.2) is 42.0 Å². The van der Waals surface area contributed by atoms with Crippen molar-refractivity contribution < 1.29 is 0 Å². The van der Waals surface area contributed by atoms with Gasteiger partial charge in [0.05, 0.1) is 0 Å². The zero-order valence-electron chi connectivity index (χ0n) is 21.5. The molecule has 1 atom stereocenters. The van der Waals surface area contributed by atoms with E-state index in [4.69, 9.17) is 0 Å². The molecule has 1 aliphatic carbocycles. The third kappa shape index (κ3) is 6.63. The first-order valence-electron chi connectivity index (χ1n) is 13.8. The molecule has 0 bridgehead atoms. The molecule has 0 aromatic heterocycles. The Bertz CT molecular complexity index is 978. The van der Waals surface area contributed by atoms with Gasteiger partial charge in [-0.2, -0.15) is 0 Å². The normalized spacial score (nSPS) is 21.5. The topological polar surface area (TPSA) is 6.48 Å². The first-order chi connectivity index (χ1) is 17.2. The molecule has 35 heavy (non-hydrogen) atoms. The highest BCUT2D eigenvalue weighted by Gasteiger charge is 2.35. The summed E-state index contributed by atoms with van der Waals surface area (Å²) < 4.78 is 0. The van der Waals surface area contributed by atoms with Crippen molar-refractivity contribution in [3.8, 4) is 0 Å². The second kappa shape index (κ2) is 11.5. The van der Waals surface area contributed by atoms with Crippen molar-refractivity contribution in [1.29, 1.82) is 0 Å². The average Bonchev–Trinajstić information content (AvgIpc) is 3.10. The van der Waals surface area contributed by atoms with Crippen molar-refractivity contribution >= 4 is 0 Å². The van der Waals surface area contributed by atoms with Crippen LogP contribution in [0.25, 0.3) is 0 Å². The minimum atomic E-state index is 0.380. The molecule has 1 saturated carbocycles. The van der Waals surface area contributed by atoms with Crippen molar-refractivity contribution in [3.63, 3.8) is 0 Å². The molecular weight excluding hydrogens is 424 g/mol. The van der Waals surface area contributed by atoms with Gasteiger partial charge in [0, 0.05) is 38.8 Å². The van der Waals surface area contributed by atoms with E-state index < -0.39 is 0 Å². The van der Waals surface area contributed by atoms with Gasteiger partial charge in [0.25, 0.3) is 0 Å². The summed E-state index contributed by atoms with van der Waals surface area (Å²) in [5, 5.41) is 0. The van der Waals surface area contributed by atoms with Gasteiger partial charge in [-0.15, -0.1) is 0 Å². The summed E-state index contributed by atoms with van der Waals surface area (Å²) in [5.74, 6) is 0. The molecule has 2 heteroatoms. The molecule has 0 spiro atoms. The zero-order valence-corrected chi connectivity index (χ0v) is 21.5. The van der Waals surface area contributed by atoms with Crippen LogP contribution in [0.3, 0.4) is 0 Å². The monoisotopic (exact) mass is 466 g/mol. The van der Waals surface area contributed by atoms with E-state index in [0.29, 0.717) is 5.41 Å². The molecule has 1 saturated heterocycles. The van der Waals surface area contributed by atoms with Crippen molar-refractivity contribution in [2.75, 3.05) is 26.2 Å². The van der Waals surface area contributed by atoms with Crippen LogP contribution >= 0.6 is 0 Å². The zero-order chi connectivity index (χ0) is 23.9. The summed E-state index contributed by atoms with van der Waals surface area (Å²) in [5.41, 5.74) is 6.19. The van der Waals surface area contributed by atoms with Crippen LogP contribution in [0.5, 0.6) is 0 Å². The summed E-state index contributed by atoms with van der Waals surface area (Å²) >= 11 is 0. The Kier molecular flexibility index (Phi) is 8.01. The molecule has 3 aromatic carbocycles. The maximum Gasteiger partial charge on any atom is 0.0234 e. The van der Waals surface area contributed by atoms with Gasteiger partial charge < -0.3 is 0 Å². The molecule has 2 aliphatic rings. The van der Waals surface area contributed by atoms with Crippen LogP contribution in [0.2, 0.25) is 0 Å². The van der Waals surface area contributed by atoms with Gasteiger partial charge in [0.15, 0.2) is 0 Å². The van der Waals surface area contributed by atoms with Crippen LogP contribution in [-0.2, 0) is 19.4 Å². The third-order valence-electron chi connectivity index (χ3n) is 8.55. The predicted octanol–water partition coefficient (Wildman–Crippen LogP) is 6.92. The Labute approximate surface area is 213 Å². The number of hydrogen-bond donors (Lipinski definition) is 0. The van der Waals surface area contributed by atoms with E-state index >= 15 is 0 Å². The molecule has 2 nitrogen and oxygen atoms in total. The maximum atomic E-state index is 2.83. The largest absolute Gasteiger partial charge is 0.298 e. The Balaban J connectivity index is 1.21. The molecule has 0 N–H and O–H groups in total. The van der Waals surface area contributed by atoms with Crippen molar-refractivity contribution in [1.82, 2.24) is 9.80 Å². The fourth-order valence-electron chi connectivity index (χ4n) is 6.53. The fourth-order valence-corrected chi connectivity index (χ4v) is 6.53. The fraction of sp³-hybridized carbons (Fsp3) is 0.455.